The number of nitrogens with one attached hydrogen (secondary N) is 2. The van der Waals surface area contributed by atoms with E-state index in [0.717, 1.165) is 63.1 Å². The summed E-state index contributed by atoms with van der Waals surface area (Å²) in [6.45, 7) is 3.49. The predicted molar refractivity (Wildman–Crippen MR) is 103 cm³/mol. The number of hydrogen-bond donors (Lipinski definition) is 2. The highest BCUT2D eigenvalue weighted by atomic mass is 35.5. The van der Waals surface area contributed by atoms with Crippen LogP contribution in [0.2, 0.25) is 0 Å². The molecule has 0 atom stereocenters. The van der Waals surface area contributed by atoms with Crippen LogP contribution in [0, 0.1) is 0 Å². The van der Waals surface area contributed by atoms with E-state index in [1.54, 1.807) is 0 Å². The van der Waals surface area contributed by atoms with Crippen molar-refractivity contribution in [2.75, 3.05) is 19.6 Å². The van der Waals surface area contributed by atoms with Crippen LogP contribution in [0.1, 0.15) is 37.7 Å². The average molecular weight is 363 g/mol. The van der Waals surface area contributed by atoms with Gasteiger partial charge in [-0.15, -0.1) is 12.4 Å². The number of likely N-dealkylation sites (tertiary alicyclic amines) is 1. The summed E-state index contributed by atoms with van der Waals surface area (Å²) in [7, 11) is 0. The maximum absolute atomic E-state index is 12.0. The SMILES string of the molecule is Cl.O=C1CCCCCN1CCCNCc1cn[nH]c1-c1ccccc1. The van der Waals surface area contributed by atoms with Crippen LogP contribution in [0.3, 0.4) is 0 Å². The van der Waals surface area contributed by atoms with Gasteiger partial charge in [0.25, 0.3) is 0 Å². The molecule has 3 rings (SSSR count). The number of aromatic nitrogens is 2. The van der Waals surface area contributed by atoms with Crippen molar-refractivity contribution >= 4 is 18.3 Å². The zero-order valence-corrected chi connectivity index (χ0v) is 15.4. The van der Waals surface area contributed by atoms with Gasteiger partial charge in [0.2, 0.25) is 5.91 Å². The fourth-order valence-corrected chi connectivity index (χ4v) is 3.19. The van der Waals surface area contributed by atoms with E-state index in [-0.39, 0.29) is 12.4 Å². The molecular weight excluding hydrogens is 336 g/mol. The van der Waals surface area contributed by atoms with Crippen LogP contribution in [0.15, 0.2) is 36.5 Å². The Bertz CT molecular complexity index is 644. The first-order valence-electron chi connectivity index (χ1n) is 8.91. The molecule has 0 spiro atoms. The van der Waals surface area contributed by atoms with Crippen molar-refractivity contribution in [3.05, 3.63) is 42.1 Å². The number of nitrogens with zero attached hydrogens (tertiary/aromatic N) is 2. The Hall–Kier alpha value is -1.85. The Kier molecular flexibility index (Phi) is 7.95. The Labute approximate surface area is 155 Å². The van der Waals surface area contributed by atoms with Gasteiger partial charge in [0.05, 0.1) is 11.9 Å². The number of hydrogen-bond acceptors (Lipinski definition) is 3. The van der Waals surface area contributed by atoms with Gasteiger partial charge < -0.3 is 10.2 Å². The molecule has 0 radical (unpaired) electrons. The Morgan fingerprint density at radius 3 is 2.84 bits per heavy atom. The molecule has 2 aromatic rings. The fraction of sp³-hybridized carbons (Fsp3) is 0.474. The van der Waals surface area contributed by atoms with E-state index in [2.05, 4.69) is 27.6 Å². The van der Waals surface area contributed by atoms with Crippen LogP contribution in [0.25, 0.3) is 11.3 Å². The van der Waals surface area contributed by atoms with E-state index >= 15 is 0 Å². The van der Waals surface area contributed by atoms with Gasteiger partial charge >= 0.3 is 0 Å². The van der Waals surface area contributed by atoms with Gasteiger partial charge in [-0.25, -0.2) is 0 Å². The van der Waals surface area contributed by atoms with E-state index in [9.17, 15) is 4.79 Å². The first-order valence-corrected chi connectivity index (χ1v) is 8.91. The third-order valence-corrected chi connectivity index (χ3v) is 4.55. The molecule has 5 nitrogen and oxygen atoms in total. The first kappa shape index (κ1) is 19.5. The molecule has 2 N–H and O–H groups in total. The molecule has 0 unspecified atom stereocenters. The van der Waals surface area contributed by atoms with Gasteiger partial charge in [-0.2, -0.15) is 5.10 Å². The Balaban J connectivity index is 0.00000225. The van der Waals surface area contributed by atoms with Gasteiger partial charge in [0.15, 0.2) is 0 Å². The Morgan fingerprint density at radius 2 is 2.00 bits per heavy atom. The number of halogens is 1. The van der Waals surface area contributed by atoms with Crippen molar-refractivity contribution < 1.29 is 4.79 Å². The van der Waals surface area contributed by atoms with Crippen molar-refractivity contribution in [1.82, 2.24) is 20.4 Å². The molecule has 0 aliphatic carbocycles. The van der Waals surface area contributed by atoms with Gasteiger partial charge in [-0.05, 0) is 31.4 Å². The van der Waals surface area contributed by atoms with Gasteiger partial charge in [0.1, 0.15) is 0 Å². The highest BCUT2D eigenvalue weighted by Crippen LogP contribution is 2.20. The largest absolute Gasteiger partial charge is 0.343 e. The fourth-order valence-electron chi connectivity index (χ4n) is 3.19. The topological polar surface area (TPSA) is 61.0 Å². The molecule has 1 fully saturated rings. The Morgan fingerprint density at radius 1 is 1.16 bits per heavy atom. The molecule has 1 amide bonds. The third-order valence-electron chi connectivity index (χ3n) is 4.55. The van der Waals surface area contributed by atoms with Gasteiger partial charge in [-0.3, -0.25) is 9.89 Å². The van der Waals surface area contributed by atoms with Crippen molar-refractivity contribution in [2.24, 2.45) is 0 Å². The van der Waals surface area contributed by atoms with E-state index in [4.69, 9.17) is 0 Å². The number of amides is 1. The molecule has 1 saturated heterocycles. The summed E-state index contributed by atoms with van der Waals surface area (Å²) in [5.74, 6) is 0.327. The first-order chi connectivity index (χ1) is 11.8. The molecule has 1 aliphatic heterocycles. The number of carbonyl (C=O) groups is 1. The summed E-state index contributed by atoms with van der Waals surface area (Å²) in [6.07, 6.45) is 6.98. The van der Waals surface area contributed by atoms with E-state index in [1.165, 1.54) is 12.0 Å². The normalized spacial score (nSPS) is 14.9. The van der Waals surface area contributed by atoms with Crippen molar-refractivity contribution in [3.63, 3.8) is 0 Å². The zero-order chi connectivity index (χ0) is 16.6. The predicted octanol–water partition coefficient (Wildman–Crippen LogP) is 3.38. The van der Waals surface area contributed by atoms with Crippen molar-refractivity contribution in [2.45, 2.75) is 38.6 Å². The lowest BCUT2D eigenvalue weighted by atomic mass is 10.1. The quantitative estimate of drug-likeness (QED) is 0.742. The lowest BCUT2D eigenvalue weighted by Crippen LogP contribution is -2.32. The number of rotatable bonds is 7. The number of benzene rings is 1. The molecule has 2 heterocycles. The third kappa shape index (κ3) is 5.58. The second-order valence-corrected chi connectivity index (χ2v) is 6.36. The lowest BCUT2D eigenvalue weighted by Gasteiger charge is -2.20. The van der Waals surface area contributed by atoms with E-state index < -0.39 is 0 Å². The van der Waals surface area contributed by atoms with E-state index in [0.29, 0.717) is 5.91 Å². The second kappa shape index (κ2) is 10.2. The van der Waals surface area contributed by atoms with Crippen LogP contribution < -0.4 is 5.32 Å². The molecule has 1 aromatic heterocycles. The van der Waals surface area contributed by atoms with Crippen LogP contribution in [0.4, 0.5) is 0 Å². The van der Waals surface area contributed by atoms with Gasteiger partial charge in [-0.1, -0.05) is 36.8 Å². The standard InChI is InChI=1S/C19H26N4O.ClH/c24-18-10-5-2-6-12-23(18)13-7-11-20-14-17-15-21-22-19(17)16-8-3-1-4-9-16;/h1,3-4,8-9,15,20H,2,5-7,10-14H2,(H,21,22);1H. The minimum absolute atomic E-state index is 0. The van der Waals surface area contributed by atoms with Crippen LogP contribution in [-0.2, 0) is 11.3 Å². The summed E-state index contributed by atoms with van der Waals surface area (Å²) in [5, 5.41) is 10.7. The van der Waals surface area contributed by atoms with E-state index in [1.807, 2.05) is 29.3 Å². The lowest BCUT2D eigenvalue weighted by molar-refractivity contribution is -0.130. The molecular formula is C19H27ClN4O. The zero-order valence-electron chi connectivity index (χ0n) is 14.5. The number of carbonyl (C=O) groups excluding carboxylic acids is 1. The highest BCUT2D eigenvalue weighted by Gasteiger charge is 2.15. The van der Waals surface area contributed by atoms with Crippen molar-refractivity contribution in [1.29, 1.82) is 0 Å². The van der Waals surface area contributed by atoms with Gasteiger partial charge in [0, 0.05) is 31.6 Å². The molecule has 136 valence electrons. The monoisotopic (exact) mass is 362 g/mol. The number of aromatic amines is 1. The molecule has 0 bridgehead atoms. The summed E-state index contributed by atoms with van der Waals surface area (Å²) < 4.78 is 0. The average Bonchev–Trinajstić information content (AvgIpc) is 2.99. The summed E-state index contributed by atoms with van der Waals surface area (Å²) in [6, 6.07) is 10.3. The van der Waals surface area contributed by atoms with Crippen LogP contribution in [0.5, 0.6) is 0 Å². The minimum atomic E-state index is 0. The minimum Gasteiger partial charge on any atom is -0.343 e. The molecule has 1 aromatic carbocycles. The molecule has 1 aliphatic rings. The molecule has 25 heavy (non-hydrogen) atoms. The molecule has 6 heteroatoms. The maximum Gasteiger partial charge on any atom is 0.222 e. The highest BCUT2D eigenvalue weighted by molar-refractivity contribution is 5.85. The maximum atomic E-state index is 12.0. The van der Waals surface area contributed by atoms with Crippen LogP contribution >= 0.6 is 12.4 Å². The van der Waals surface area contributed by atoms with Crippen LogP contribution in [-0.4, -0.2) is 40.6 Å². The number of H-pyrrole nitrogens is 1. The summed E-state index contributed by atoms with van der Waals surface area (Å²) in [5.41, 5.74) is 3.40. The smallest absolute Gasteiger partial charge is 0.222 e. The second-order valence-electron chi connectivity index (χ2n) is 6.36. The summed E-state index contributed by atoms with van der Waals surface area (Å²) in [4.78, 5) is 14.0. The molecule has 0 saturated carbocycles. The van der Waals surface area contributed by atoms with Crippen molar-refractivity contribution in [3.8, 4) is 11.3 Å². The summed E-state index contributed by atoms with van der Waals surface area (Å²) >= 11 is 0.